The van der Waals surface area contributed by atoms with Gasteiger partial charge in [-0.15, -0.1) is 0 Å². The molecule has 4 aromatic carbocycles. The largest absolute Gasteiger partial charge is 2.00 e. The van der Waals surface area contributed by atoms with E-state index in [1.54, 1.807) is 13.8 Å². The van der Waals surface area contributed by atoms with Crippen molar-refractivity contribution in [3.63, 3.8) is 0 Å². The second kappa shape index (κ2) is 46.5. The fraction of sp³-hybridized carbons (Fsp3) is 0.304. The summed E-state index contributed by atoms with van der Waals surface area (Å²) in [5, 5.41) is 0. The molecule has 0 heterocycles. The van der Waals surface area contributed by atoms with E-state index in [1.165, 1.54) is 79.3 Å². The fourth-order valence-electron chi connectivity index (χ4n) is 3.15. The molecule has 4 aromatic rings. The van der Waals surface area contributed by atoms with Crippen LogP contribution in [0.15, 0.2) is 121 Å². The molecule has 12 nitrogen and oxygen atoms in total. The molecule has 0 aliphatic heterocycles. The molecule has 0 aromatic heterocycles. The van der Waals surface area contributed by atoms with Crippen LogP contribution in [0, 0.1) is 24.3 Å². The first-order valence-corrected chi connectivity index (χ1v) is 18.0. The van der Waals surface area contributed by atoms with Crippen LogP contribution in [0.5, 0.6) is 0 Å². The summed E-state index contributed by atoms with van der Waals surface area (Å²) in [6.45, 7) is 15.4. The Morgan fingerprint density at radius 1 is 0.317 bits per heavy atom. The Bertz CT molecular complexity index is 1320. The Kier molecular flexibility index (Phi) is 51.6. The van der Waals surface area contributed by atoms with Gasteiger partial charge in [0.1, 0.15) is 0 Å². The number of carbonyl (C=O) groups excluding carboxylic acids is 8. The molecule has 0 N–H and O–H groups in total. The van der Waals surface area contributed by atoms with Gasteiger partial charge < -0.3 is 0 Å². The van der Waals surface area contributed by atoms with Crippen molar-refractivity contribution in [3.8, 4) is 0 Å². The van der Waals surface area contributed by atoms with Crippen molar-refractivity contribution in [2.45, 2.75) is 69.2 Å². The maximum Gasteiger partial charge on any atom is 2.00 e. The average Bonchev–Trinajstić information content (AvgIpc) is 3.21. The van der Waals surface area contributed by atoms with Crippen LogP contribution in [0.1, 0.15) is 69.2 Å². The van der Waals surface area contributed by atoms with Gasteiger partial charge in [-0.3, -0.25) is 58.0 Å². The smallest absolute Gasteiger partial charge is 0.286 e. The third-order valence-electron chi connectivity index (χ3n) is 6.47. The van der Waals surface area contributed by atoms with Gasteiger partial charge >= 0.3 is 42.1 Å². The SMILES string of the molecule is CC(=O)N(C)C(C)=O.CC(=O)N(C)C(C)=O.CCN(C(C)=O)C(C)=O.CCN(C(C)=O)C(C)=O.[W+2].[W+2].[c-]1ccccc1.[c-]1ccccc1.[c-]1ccccc1.[c-]1ccccc1. The Morgan fingerprint density at radius 3 is 0.483 bits per heavy atom. The van der Waals surface area contributed by atoms with Crippen molar-refractivity contribution in [3.05, 3.63) is 146 Å². The number of benzene rings is 4. The summed E-state index contributed by atoms with van der Waals surface area (Å²) in [5.41, 5.74) is 0. The van der Waals surface area contributed by atoms with Crippen molar-refractivity contribution in [2.24, 2.45) is 0 Å². The molecule has 0 bridgehead atoms. The normalized spacial score (nSPS) is 8.07. The number of amides is 8. The number of nitrogens with zero attached hydrogens (tertiary/aromatic N) is 4. The van der Waals surface area contributed by atoms with E-state index in [0.29, 0.717) is 13.1 Å². The van der Waals surface area contributed by atoms with Gasteiger partial charge in [-0.05, 0) is 13.8 Å². The van der Waals surface area contributed by atoms with E-state index in [4.69, 9.17) is 0 Å². The Morgan fingerprint density at radius 2 is 0.467 bits per heavy atom. The van der Waals surface area contributed by atoms with Crippen LogP contribution in [0.2, 0.25) is 0 Å². The van der Waals surface area contributed by atoms with Gasteiger partial charge in [0.05, 0.1) is 0 Å². The van der Waals surface area contributed by atoms with E-state index in [0.717, 1.165) is 9.80 Å². The van der Waals surface area contributed by atoms with Gasteiger partial charge in [-0.25, -0.2) is 0 Å². The second-order valence-corrected chi connectivity index (χ2v) is 11.1. The van der Waals surface area contributed by atoms with Gasteiger partial charge in [0.25, 0.3) is 0 Å². The summed E-state index contributed by atoms with van der Waals surface area (Å²) in [5.74, 6) is -1.66. The molecule has 0 unspecified atom stereocenters. The van der Waals surface area contributed by atoms with Crippen LogP contribution in [0.4, 0.5) is 0 Å². The van der Waals surface area contributed by atoms with Crippen LogP contribution in [0.3, 0.4) is 0 Å². The molecular weight excluding hydrogens is 1100 g/mol. The van der Waals surface area contributed by atoms with E-state index < -0.39 is 0 Å². The topological polar surface area (TPSA) is 150 Å². The molecule has 0 aliphatic carbocycles. The van der Waals surface area contributed by atoms with Gasteiger partial charge in [-0.1, -0.05) is 0 Å². The number of hydrogen-bond donors (Lipinski definition) is 0. The summed E-state index contributed by atoms with van der Waals surface area (Å²) in [7, 11) is 2.90. The predicted molar refractivity (Wildman–Crippen MR) is 227 cm³/mol. The monoisotopic (exact) mass is 1160 g/mol. The van der Waals surface area contributed by atoms with Crippen molar-refractivity contribution in [1.29, 1.82) is 0 Å². The van der Waals surface area contributed by atoms with Crippen LogP contribution >= 0.6 is 0 Å². The minimum atomic E-state index is -0.225. The molecule has 324 valence electrons. The molecule has 60 heavy (non-hydrogen) atoms. The van der Waals surface area contributed by atoms with E-state index in [1.807, 2.05) is 121 Å². The van der Waals surface area contributed by atoms with Gasteiger partial charge in [0.15, 0.2) is 0 Å². The Hall–Kier alpha value is -5.18. The summed E-state index contributed by atoms with van der Waals surface area (Å²) in [6, 6.07) is 50.0. The van der Waals surface area contributed by atoms with Gasteiger partial charge in [-0.2, -0.15) is 146 Å². The molecule has 0 saturated heterocycles. The van der Waals surface area contributed by atoms with Crippen molar-refractivity contribution in [2.75, 3.05) is 27.2 Å². The zero-order chi connectivity index (χ0) is 45.3. The van der Waals surface area contributed by atoms with Gasteiger partial charge in [0, 0.05) is 82.6 Å². The van der Waals surface area contributed by atoms with E-state index >= 15 is 0 Å². The quantitative estimate of drug-likeness (QED) is 0.200. The first-order valence-electron chi connectivity index (χ1n) is 18.0. The Balaban J connectivity index is -0.000000139. The molecule has 0 spiro atoms. The van der Waals surface area contributed by atoms with Crippen LogP contribution in [-0.2, 0) is 80.5 Å². The summed E-state index contributed by atoms with van der Waals surface area (Å²) in [6.07, 6.45) is 0. The van der Waals surface area contributed by atoms with Crippen molar-refractivity contribution in [1.82, 2.24) is 19.6 Å². The standard InChI is InChI=1S/2C6H11NO2.4C6H5.2C5H9NO2.2W/c2*1-4-7(5(2)8)6(3)9;4*1-2-4-6-5-3-1;2*1-4(7)6(3)5(2)8;;/h2*4H2,1-3H3;4*1-5H;2*1-3H3;;/q;;4*-1;;;2*+2. The third kappa shape index (κ3) is 47.2. The number of hydrogen-bond acceptors (Lipinski definition) is 8. The predicted octanol–water partition coefficient (Wildman–Crippen LogP) is 6.77. The van der Waals surface area contributed by atoms with Gasteiger partial charge in [0.2, 0.25) is 47.3 Å². The first-order chi connectivity index (χ1) is 27.3. The second-order valence-electron chi connectivity index (χ2n) is 11.1. The number of imide groups is 4. The van der Waals surface area contributed by atoms with Crippen molar-refractivity contribution >= 4 is 47.3 Å². The maximum absolute atomic E-state index is 10.5. The zero-order valence-corrected chi connectivity index (χ0v) is 42.7. The van der Waals surface area contributed by atoms with E-state index in [2.05, 4.69) is 24.3 Å². The van der Waals surface area contributed by atoms with Crippen LogP contribution < -0.4 is 0 Å². The molecule has 0 aliphatic rings. The summed E-state index contributed by atoms with van der Waals surface area (Å²) in [4.78, 5) is 87.7. The maximum atomic E-state index is 10.5. The van der Waals surface area contributed by atoms with E-state index in [9.17, 15) is 38.4 Å². The van der Waals surface area contributed by atoms with Crippen molar-refractivity contribution < 1.29 is 80.5 Å². The average molecular weight is 1160 g/mol. The van der Waals surface area contributed by atoms with E-state index in [-0.39, 0.29) is 89.4 Å². The molecule has 0 atom stereocenters. The molecule has 4 rings (SSSR count). The molecular formula is C46H60N4O8W2. The molecule has 0 fully saturated rings. The molecule has 0 radical (unpaired) electrons. The molecule has 8 amide bonds. The number of carbonyl (C=O) groups is 8. The minimum absolute atomic E-state index is 0. The summed E-state index contributed by atoms with van der Waals surface area (Å²) >= 11 is 0. The summed E-state index contributed by atoms with van der Waals surface area (Å²) < 4.78 is 0. The Labute approximate surface area is 387 Å². The zero-order valence-electron chi connectivity index (χ0n) is 36.8. The van der Waals surface area contributed by atoms with Crippen LogP contribution in [-0.4, -0.2) is 94.0 Å². The fourth-order valence-corrected chi connectivity index (χ4v) is 3.15. The number of rotatable bonds is 2. The van der Waals surface area contributed by atoms with Crippen LogP contribution in [0.25, 0.3) is 0 Å². The molecule has 14 heteroatoms. The first kappa shape index (κ1) is 66.6. The minimum Gasteiger partial charge on any atom is -0.286 e. The molecule has 0 saturated carbocycles. The third-order valence-corrected chi connectivity index (χ3v) is 6.47.